The molecule has 2 rings (SSSR count). The van der Waals surface area contributed by atoms with Crippen molar-refractivity contribution in [2.75, 3.05) is 18.0 Å². The minimum atomic E-state index is -0.738. The second-order valence-electron chi connectivity index (χ2n) is 3.83. The highest BCUT2D eigenvalue weighted by Gasteiger charge is 2.23. The maximum absolute atomic E-state index is 10.7. The number of primary amides is 1. The van der Waals surface area contributed by atoms with Gasteiger partial charge >= 0.3 is 6.09 Å². The van der Waals surface area contributed by atoms with Crippen molar-refractivity contribution < 1.29 is 9.53 Å². The monoisotopic (exact) mass is 256 g/mol. The third-order valence-electron chi connectivity index (χ3n) is 2.60. The summed E-state index contributed by atoms with van der Waals surface area (Å²) in [5.41, 5.74) is 5.01. The lowest BCUT2D eigenvalue weighted by atomic mass is 10.1. The minimum Gasteiger partial charge on any atom is -0.445 e. The van der Waals surface area contributed by atoms with Crippen LogP contribution in [-0.2, 0) is 4.74 Å². The van der Waals surface area contributed by atoms with Crippen LogP contribution in [0.3, 0.4) is 0 Å². The van der Waals surface area contributed by atoms with Crippen LogP contribution in [0.15, 0.2) is 12.3 Å². The number of amides is 1. The highest BCUT2D eigenvalue weighted by atomic mass is 35.5. The number of carbonyl (C=O) groups is 1. The molecule has 1 aliphatic rings. The van der Waals surface area contributed by atoms with E-state index in [1.807, 2.05) is 4.90 Å². The van der Waals surface area contributed by atoms with Crippen LogP contribution in [0.4, 0.5) is 10.6 Å². The highest BCUT2D eigenvalue weighted by Crippen LogP contribution is 2.20. The van der Waals surface area contributed by atoms with Crippen molar-refractivity contribution >= 4 is 23.5 Å². The summed E-state index contributed by atoms with van der Waals surface area (Å²) in [6.45, 7) is 1.43. The summed E-state index contributed by atoms with van der Waals surface area (Å²) < 4.78 is 4.99. The number of nitrogens with two attached hydrogens (primary N) is 1. The van der Waals surface area contributed by atoms with Gasteiger partial charge in [0.25, 0.3) is 0 Å². The number of aromatic nitrogens is 2. The summed E-state index contributed by atoms with van der Waals surface area (Å²) in [6.07, 6.45) is 2.41. The molecule has 0 saturated carbocycles. The van der Waals surface area contributed by atoms with E-state index in [-0.39, 0.29) is 11.4 Å². The number of halogens is 1. The molecule has 0 spiro atoms. The van der Waals surface area contributed by atoms with Crippen LogP contribution in [0.1, 0.15) is 12.8 Å². The first-order valence-electron chi connectivity index (χ1n) is 5.35. The van der Waals surface area contributed by atoms with Crippen LogP contribution >= 0.6 is 11.6 Å². The first-order chi connectivity index (χ1) is 8.15. The Morgan fingerprint density at radius 1 is 1.65 bits per heavy atom. The van der Waals surface area contributed by atoms with E-state index in [2.05, 4.69) is 9.97 Å². The van der Waals surface area contributed by atoms with Crippen molar-refractivity contribution in [3.05, 3.63) is 17.5 Å². The van der Waals surface area contributed by atoms with E-state index in [1.54, 1.807) is 12.3 Å². The smallest absolute Gasteiger partial charge is 0.404 e. The van der Waals surface area contributed by atoms with Crippen molar-refractivity contribution in [2.45, 2.75) is 18.9 Å². The molecule has 1 aromatic heterocycles. The Bertz CT molecular complexity index is 415. The highest BCUT2D eigenvalue weighted by molar-refractivity contribution is 6.28. The fourth-order valence-corrected chi connectivity index (χ4v) is 2.05. The van der Waals surface area contributed by atoms with Gasteiger partial charge in [0.2, 0.25) is 5.28 Å². The van der Waals surface area contributed by atoms with Gasteiger partial charge in [-0.1, -0.05) is 0 Å². The van der Waals surface area contributed by atoms with Crippen LogP contribution in [0.25, 0.3) is 0 Å². The fourth-order valence-electron chi connectivity index (χ4n) is 1.91. The fraction of sp³-hybridized carbons (Fsp3) is 0.500. The maximum Gasteiger partial charge on any atom is 0.404 e. The van der Waals surface area contributed by atoms with Crippen molar-refractivity contribution in [1.82, 2.24) is 9.97 Å². The average Bonchev–Trinajstić information content (AvgIpc) is 2.28. The van der Waals surface area contributed by atoms with Gasteiger partial charge in [0.05, 0.1) is 6.54 Å². The predicted molar refractivity (Wildman–Crippen MR) is 62.9 cm³/mol. The molecule has 1 aliphatic heterocycles. The number of ether oxygens (including phenoxy) is 1. The molecule has 7 heteroatoms. The Hall–Kier alpha value is -1.56. The van der Waals surface area contributed by atoms with E-state index in [1.165, 1.54) is 0 Å². The summed E-state index contributed by atoms with van der Waals surface area (Å²) in [7, 11) is 0. The summed E-state index contributed by atoms with van der Waals surface area (Å²) in [5, 5.41) is 0.209. The number of piperidine rings is 1. The number of nitrogens with zero attached hydrogens (tertiary/aromatic N) is 3. The Labute approximate surface area is 104 Å². The van der Waals surface area contributed by atoms with Gasteiger partial charge in [-0.2, -0.15) is 0 Å². The van der Waals surface area contributed by atoms with Crippen molar-refractivity contribution in [1.29, 1.82) is 0 Å². The molecule has 0 radical (unpaired) electrons. The van der Waals surface area contributed by atoms with Gasteiger partial charge in [-0.25, -0.2) is 14.8 Å². The van der Waals surface area contributed by atoms with Gasteiger partial charge in [0, 0.05) is 12.7 Å². The zero-order valence-corrected chi connectivity index (χ0v) is 9.93. The molecular formula is C10H13ClN4O2. The van der Waals surface area contributed by atoms with E-state index >= 15 is 0 Å². The number of anilines is 1. The van der Waals surface area contributed by atoms with Crippen molar-refractivity contribution in [3.8, 4) is 0 Å². The third kappa shape index (κ3) is 3.20. The summed E-state index contributed by atoms with van der Waals surface area (Å²) >= 11 is 5.73. The number of hydrogen-bond acceptors (Lipinski definition) is 5. The van der Waals surface area contributed by atoms with Crippen LogP contribution in [0.5, 0.6) is 0 Å². The Kier molecular flexibility index (Phi) is 3.63. The largest absolute Gasteiger partial charge is 0.445 e. The Balaban J connectivity index is 2.04. The Morgan fingerprint density at radius 3 is 3.18 bits per heavy atom. The molecule has 0 aromatic carbocycles. The lowest BCUT2D eigenvalue weighted by Crippen LogP contribution is -2.41. The maximum atomic E-state index is 10.7. The van der Waals surface area contributed by atoms with Crippen molar-refractivity contribution in [2.24, 2.45) is 5.73 Å². The Morgan fingerprint density at radius 2 is 2.47 bits per heavy atom. The predicted octanol–water partition coefficient (Wildman–Crippen LogP) is 1.19. The lowest BCUT2D eigenvalue weighted by molar-refractivity contribution is 0.0964. The van der Waals surface area contributed by atoms with Crippen LogP contribution < -0.4 is 10.6 Å². The topological polar surface area (TPSA) is 81.3 Å². The summed E-state index contributed by atoms with van der Waals surface area (Å²) in [4.78, 5) is 20.6. The van der Waals surface area contributed by atoms with Gasteiger partial charge in [0.1, 0.15) is 11.9 Å². The second kappa shape index (κ2) is 5.18. The minimum absolute atomic E-state index is 0.185. The molecule has 2 N–H and O–H groups in total. The molecular weight excluding hydrogens is 244 g/mol. The van der Waals surface area contributed by atoms with E-state index in [4.69, 9.17) is 22.1 Å². The molecule has 0 bridgehead atoms. The van der Waals surface area contributed by atoms with E-state index in [0.717, 1.165) is 25.2 Å². The molecule has 1 unspecified atom stereocenters. The first kappa shape index (κ1) is 11.9. The van der Waals surface area contributed by atoms with Crippen LogP contribution in [-0.4, -0.2) is 35.3 Å². The van der Waals surface area contributed by atoms with Gasteiger partial charge in [-0.3, -0.25) is 0 Å². The zero-order valence-electron chi connectivity index (χ0n) is 9.17. The molecule has 2 heterocycles. The van der Waals surface area contributed by atoms with Gasteiger partial charge in [-0.05, 0) is 30.5 Å². The van der Waals surface area contributed by atoms with Crippen LogP contribution in [0, 0.1) is 0 Å². The molecule has 1 atom stereocenters. The number of carbonyl (C=O) groups excluding carboxylic acids is 1. The first-order valence-corrected chi connectivity index (χ1v) is 5.72. The van der Waals surface area contributed by atoms with Gasteiger partial charge in [-0.15, -0.1) is 0 Å². The summed E-state index contributed by atoms with van der Waals surface area (Å²) in [5.74, 6) is 0.739. The van der Waals surface area contributed by atoms with Crippen molar-refractivity contribution in [3.63, 3.8) is 0 Å². The normalized spacial score (nSPS) is 20.1. The van der Waals surface area contributed by atoms with Gasteiger partial charge in [0.15, 0.2) is 0 Å². The molecule has 1 fully saturated rings. The molecule has 1 aromatic rings. The average molecular weight is 257 g/mol. The SMILES string of the molecule is NC(=O)OC1CCCN(c2ccnc(Cl)n2)C1. The van der Waals surface area contributed by atoms with E-state index in [0.29, 0.717) is 6.54 Å². The lowest BCUT2D eigenvalue weighted by Gasteiger charge is -2.32. The molecule has 92 valence electrons. The number of hydrogen-bond donors (Lipinski definition) is 1. The quantitative estimate of drug-likeness (QED) is 0.804. The molecule has 1 amide bonds. The van der Waals surface area contributed by atoms with Gasteiger partial charge < -0.3 is 15.4 Å². The summed E-state index contributed by atoms with van der Waals surface area (Å²) in [6, 6.07) is 1.78. The van der Waals surface area contributed by atoms with E-state index < -0.39 is 6.09 Å². The number of rotatable bonds is 2. The second-order valence-corrected chi connectivity index (χ2v) is 4.17. The third-order valence-corrected chi connectivity index (χ3v) is 2.78. The van der Waals surface area contributed by atoms with Crippen LogP contribution in [0.2, 0.25) is 5.28 Å². The molecule has 17 heavy (non-hydrogen) atoms. The molecule has 6 nitrogen and oxygen atoms in total. The zero-order chi connectivity index (χ0) is 12.3. The molecule has 0 aliphatic carbocycles. The molecule has 1 saturated heterocycles. The standard InChI is InChI=1S/C10H13ClN4O2/c11-9-13-4-3-8(14-9)15-5-1-2-7(6-15)17-10(12)16/h3-4,7H,1-2,5-6H2,(H2,12,16). The van der Waals surface area contributed by atoms with E-state index in [9.17, 15) is 4.79 Å².